The molecule has 0 aromatic heterocycles. The Morgan fingerprint density at radius 3 is 2.59 bits per heavy atom. The van der Waals surface area contributed by atoms with E-state index in [0.29, 0.717) is 12.0 Å². The van der Waals surface area contributed by atoms with E-state index in [0.717, 1.165) is 25.4 Å². The average molecular weight is 234 g/mol. The van der Waals surface area contributed by atoms with Crippen molar-refractivity contribution in [3.63, 3.8) is 0 Å². The maximum Gasteiger partial charge on any atom is 0.118 e. The van der Waals surface area contributed by atoms with Crippen LogP contribution in [0, 0.1) is 5.92 Å². The van der Waals surface area contributed by atoms with E-state index in [-0.39, 0.29) is 0 Å². The third-order valence-corrected chi connectivity index (χ3v) is 3.67. The molecule has 1 aromatic carbocycles. The number of hydrogen-bond acceptors (Lipinski definition) is 3. The highest BCUT2D eigenvalue weighted by molar-refractivity contribution is 5.27. The van der Waals surface area contributed by atoms with Crippen LogP contribution in [0.2, 0.25) is 0 Å². The SMILES string of the molecule is COc1ccc(CN2CC(CN)CC2C)cc1. The van der Waals surface area contributed by atoms with Crippen LogP contribution in [0.3, 0.4) is 0 Å². The fourth-order valence-electron chi connectivity index (χ4n) is 2.57. The number of nitrogens with zero attached hydrogens (tertiary/aromatic N) is 1. The molecule has 0 radical (unpaired) electrons. The average Bonchev–Trinajstić information content (AvgIpc) is 2.71. The minimum atomic E-state index is 0.644. The van der Waals surface area contributed by atoms with Crippen LogP contribution in [0.25, 0.3) is 0 Å². The second kappa shape index (κ2) is 5.52. The summed E-state index contributed by atoms with van der Waals surface area (Å²) in [5, 5.41) is 0. The Morgan fingerprint density at radius 1 is 1.35 bits per heavy atom. The first-order valence-corrected chi connectivity index (χ1v) is 6.30. The zero-order chi connectivity index (χ0) is 12.3. The third-order valence-electron chi connectivity index (χ3n) is 3.67. The maximum absolute atomic E-state index is 5.75. The summed E-state index contributed by atoms with van der Waals surface area (Å²) in [6, 6.07) is 8.97. The Morgan fingerprint density at radius 2 is 2.06 bits per heavy atom. The van der Waals surface area contributed by atoms with E-state index in [1.807, 2.05) is 12.1 Å². The highest BCUT2D eigenvalue weighted by Crippen LogP contribution is 2.24. The topological polar surface area (TPSA) is 38.5 Å². The Kier molecular flexibility index (Phi) is 4.02. The van der Waals surface area contributed by atoms with Crippen molar-refractivity contribution in [2.75, 3.05) is 20.2 Å². The first kappa shape index (κ1) is 12.4. The smallest absolute Gasteiger partial charge is 0.118 e. The molecule has 1 aromatic rings. The van der Waals surface area contributed by atoms with Gasteiger partial charge in [0.2, 0.25) is 0 Å². The highest BCUT2D eigenvalue weighted by Gasteiger charge is 2.27. The molecule has 2 unspecified atom stereocenters. The van der Waals surface area contributed by atoms with Crippen LogP contribution in [0.15, 0.2) is 24.3 Å². The number of benzene rings is 1. The van der Waals surface area contributed by atoms with Gasteiger partial charge in [0.1, 0.15) is 5.75 Å². The highest BCUT2D eigenvalue weighted by atomic mass is 16.5. The lowest BCUT2D eigenvalue weighted by atomic mass is 10.1. The monoisotopic (exact) mass is 234 g/mol. The van der Waals surface area contributed by atoms with Gasteiger partial charge in [0.05, 0.1) is 7.11 Å². The van der Waals surface area contributed by atoms with Crippen LogP contribution in [0.5, 0.6) is 5.75 Å². The molecular weight excluding hydrogens is 212 g/mol. The number of ether oxygens (including phenoxy) is 1. The summed E-state index contributed by atoms with van der Waals surface area (Å²) in [6.07, 6.45) is 1.23. The summed E-state index contributed by atoms with van der Waals surface area (Å²) in [5.74, 6) is 1.59. The number of rotatable bonds is 4. The van der Waals surface area contributed by atoms with Crippen LogP contribution in [0.4, 0.5) is 0 Å². The van der Waals surface area contributed by atoms with Gasteiger partial charge in [0, 0.05) is 19.1 Å². The van der Waals surface area contributed by atoms with E-state index in [2.05, 4.69) is 24.0 Å². The summed E-state index contributed by atoms with van der Waals surface area (Å²) in [5.41, 5.74) is 7.09. The molecule has 1 saturated heterocycles. The minimum Gasteiger partial charge on any atom is -0.497 e. The Hall–Kier alpha value is -1.06. The summed E-state index contributed by atoms with van der Waals surface area (Å²) in [4.78, 5) is 2.51. The molecule has 17 heavy (non-hydrogen) atoms. The molecule has 2 N–H and O–H groups in total. The van der Waals surface area contributed by atoms with Crippen LogP contribution < -0.4 is 10.5 Å². The van der Waals surface area contributed by atoms with Gasteiger partial charge >= 0.3 is 0 Å². The van der Waals surface area contributed by atoms with Gasteiger partial charge in [-0.15, -0.1) is 0 Å². The normalized spacial score (nSPS) is 25.1. The fourth-order valence-corrected chi connectivity index (χ4v) is 2.57. The number of likely N-dealkylation sites (tertiary alicyclic amines) is 1. The minimum absolute atomic E-state index is 0.644. The lowest BCUT2D eigenvalue weighted by Crippen LogP contribution is -2.27. The van der Waals surface area contributed by atoms with Crippen molar-refractivity contribution in [2.45, 2.75) is 25.9 Å². The Balaban J connectivity index is 1.96. The zero-order valence-corrected chi connectivity index (χ0v) is 10.7. The van der Waals surface area contributed by atoms with Gasteiger partial charge in [-0.25, -0.2) is 0 Å². The van der Waals surface area contributed by atoms with Crippen molar-refractivity contribution in [1.29, 1.82) is 0 Å². The second-order valence-electron chi connectivity index (χ2n) is 4.96. The summed E-state index contributed by atoms with van der Waals surface area (Å²) in [7, 11) is 1.70. The third kappa shape index (κ3) is 2.99. The van der Waals surface area contributed by atoms with E-state index in [1.54, 1.807) is 7.11 Å². The lowest BCUT2D eigenvalue weighted by molar-refractivity contribution is 0.256. The van der Waals surface area contributed by atoms with Gasteiger partial charge in [-0.05, 0) is 43.5 Å². The van der Waals surface area contributed by atoms with E-state index in [4.69, 9.17) is 10.5 Å². The molecule has 3 nitrogen and oxygen atoms in total. The standard InChI is InChI=1S/C14H22N2O/c1-11-7-13(8-15)10-16(11)9-12-3-5-14(17-2)6-4-12/h3-6,11,13H,7-10,15H2,1-2H3. The largest absolute Gasteiger partial charge is 0.497 e. The van der Waals surface area contributed by atoms with Crippen molar-refractivity contribution in [3.05, 3.63) is 29.8 Å². The van der Waals surface area contributed by atoms with Gasteiger partial charge in [-0.1, -0.05) is 12.1 Å². The van der Waals surface area contributed by atoms with Gasteiger partial charge in [-0.3, -0.25) is 4.90 Å². The van der Waals surface area contributed by atoms with Crippen LogP contribution >= 0.6 is 0 Å². The van der Waals surface area contributed by atoms with Gasteiger partial charge in [0.25, 0.3) is 0 Å². The van der Waals surface area contributed by atoms with Gasteiger partial charge in [-0.2, -0.15) is 0 Å². The van der Waals surface area contributed by atoms with Crippen LogP contribution in [0.1, 0.15) is 18.9 Å². The van der Waals surface area contributed by atoms with E-state index < -0.39 is 0 Å². The molecule has 0 saturated carbocycles. The molecule has 2 rings (SSSR count). The maximum atomic E-state index is 5.75. The summed E-state index contributed by atoms with van der Waals surface area (Å²) >= 11 is 0. The Bertz CT molecular complexity index is 350. The first-order valence-electron chi connectivity index (χ1n) is 6.30. The van der Waals surface area contributed by atoms with Crippen molar-refractivity contribution in [3.8, 4) is 5.75 Å². The van der Waals surface area contributed by atoms with E-state index in [1.165, 1.54) is 12.0 Å². The summed E-state index contributed by atoms with van der Waals surface area (Å²) in [6.45, 7) is 5.24. The fraction of sp³-hybridized carbons (Fsp3) is 0.571. The predicted molar refractivity (Wildman–Crippen MR) is 70.0 cm³/mol. The van der Waals surface area contributed by atoms with Gasteiger partial charge < -0.3 is 10.5 Å². The molecule has 1 aliphatic heterocycles. The molecular formula is C14H22N2O. The molecule has 0 spiro atoms. The van der Waals surface area contributed by atoms with Crippen molar-refractivity contribution in [1.82, 2.24) is 4.90 Å². The molecule has 1 aliphatic rings. The summed E-state index contributed by atoms with van der Waals surface area (Å²) < 4.78 is 5.16. The second-order valence-corrected chi connectivity index (χ2v) is 4.96. The van der Waals surface area contributed by atoms with Gasteiger partial charge in [0.15, 0.2) is 0 Å². The number of hydrogen-bond donors (Lipinski definition) is 1. The molecule has 0 bridgehead atoms. The lowest BCUT2D eigenvalue weighted by Gasteiger charge is -2.21. The van der Waals surface area contributed by atoms with Crippen molar-refractivity contribution >= 4 is 0 Å². The Labute approximate surface area is 104 Å². The van der Waals surface area contributed by atoms with Crippen molar-refractivity contribution in [2.24, 2.45) is 11.7 Å². The molecule has 2 atom stereocenters. The molecule has 94 valence electrons. The predicted octanol–water partition coefficient (Wildman–Crippen LogP) is 1.86. The molecule has 0 amide bonds. The zero-order valence-electron chi connectivity index (χ0n) is 10.7. The first-order chi connectivity index (χ1) is 8.22. The van der Waals surface area contributed by atoms with E-state index in [9.17, 15) is 0 Å². The number of methoxy groups -OCH3 is 1. The number of nitrogens with two attached hydrogens (primary N) is 1. The molecule has 0 aliphatic carbocycles. The van der Waals surface area contributed by atoms with Crippen LogP contribution in [-0.4, -0.2) is 31.1 Å². The molecule has 3 heteroatoms. The van der Waals surface area contributed by atoms with Crippen LogP contribution in [-0.2, 0) is 6.54 Å². The molecule has 1 fully saturated rings. The molecule has 1 heterocycles. The van der Waals surface area contributed by atoms with Crippen molar-refractivity contribution < 1.29 is 4.74 Å². The van der Waals surface area contributed by atoms with E-state index >= 15 is 0 Å². The quantitative estimate of drug-likeness (QED) is 0.864.